The van der Waals surface area contributed by atoms with Crippen LogP contribution in [0.4, 0.5) is 14.5 Å². The lowest BCUT2D eigenvalue weighted by Crippen LogP contribution is -2.49. The van der Waals surface area contributed by atoms with Gasteiger partial charge in [0.2, 0.25) is 0 Å². The van der Waals surface area contributed by atoms with E-state index in [1.54, 1.807) is 6.07 Å². The predicted molar refractivity (Wildman–Crippen MR) is 98.1 cm³/mol. The Morgan fingerprint density at radius 2 is 1.88 bits per heavy atom. The molecule has 6 heteroatoms. The van der Waals surface area contributed by atoms with Crippen molar-refractivity contribution < 1.29 is 8.78 Å². The number of hydrogen-bond donors (Lipinski definition) is 0. The van der Waals surface area contributed by atoms with Gasteiger partial charge in [0, 0.05) is 56.4 Å². The first-order chi connectivity index (χ1) is 12.7. The Labute approximate surface area is 153 Å². The lowest BCUT2D eigenvalue weighted by atomic mass is 9.93. The maximum Gasteiger partial charge on any atom is 0.160 e. The highest BCUT2D eigenvalue weighted by Gasteiger charge is 2.29. The van der Waals surface area contributed by atoms with Gasteiger partial charge in [0.1, 0.15) is 0 Å². The summed E-state index contributed by atoms with van der Waals surface area (Å²) in [6, 6.07) is 4.82. The maximum absolute atomic E-state index is 13.5. The first-order valence-electron chi connectivity index (χ1n) is 9.59. The molecule has 0 aliphatic carbocycles. The van der Waals surface area contributed by atoms with Crippen molar-refractivity contribution in [1.82, 2.24) is 14.5 Å². The van der Waals surface area contributed by atoms with Crippen molar-refractivity contribution in [2.24, 2.45) is 5.92 Å². The molecule has 2 aromatic rings. The van der Waals surface area contributed by atoms with Gasteiger partial charge in [-0.15, -0.1) is 0 Å². The third-order valence-corrected chi connectivity index (χ3v) is 5.83. The summed E-state index contributed by atoms with van der Waals surface area (Å²) in [4.78, 5) is 8.96. The predicted octanol–water partition coefficient (Wildman–Crippen LogP) is 3.54. The monoisotopic (exact) mass is 360 g/mol. The molecule has 0 bridgehead atoms. The van der Waals surface area contributed by atoms with Crippen LogP contribution >= 0.6 is 0 Å². The first-order valence-corrected chi connectivity index (χ1v) is 9.59. The van der Waals surface area contributed by atoms with Crippen LogP contribution in [0, 0.1) is 17.6 Å². The number of hydrogen-bond acceptors (Lipinski definition) is 3. The summed E-state index contributed by atoms with van der Waals surface area (Å²) < 4.78 is 28.8. The van der Waals surface area contributed by atoms with Crippen molar-refractivity contribution in [3.8, 4) is 0 Å². The molecular weight excluding hydrogens is 334 g/mol. The van der Waals surface area contributed by atoms with Gasteiger partial charge < -0.3 is 9.47 Å². The Bertz CT molecular complexity index is 711. The minimum atomic E-state index is -0.777. The quantitative estimate of drug-likeness (QED) is 0.834. The van der Waals surface area contributed by atoms with Crippen molar-refractivity contribution in [3.05, 3.63) is 48.6 Å². The van der Waals surface area contributed by atoms with E-state index in [-0.39, 0.29) is 0 Å². The second-order valence-corrected chi connectivity index (χ2v) is 7.58. The largest absolute Gasteiger partial charge is 0.371 e. The number of rotatable bonds is 4. The molecule has 0 radical (unpaired) electrons. The lowest BCUT2D eigenvalue weighted by Gasteiger charge is -2.43. The molecule has 0 N–H and O–H groups in total. The van der Waals surface area contributed by atoms with Crippen molar-refractivity contribution in [2.75, 3.05) is 31.1 Å². The summed E-state index contributed by atoms with van der Waals surface area (Å²) >= 11 is 0. The van der Waals surface area contributed by atoms with Crippen LogP contribution in [-0.4, -0.2) is 46.7 Å². The van der Waals surface area contributed by atoms with Crippen LogP contribution in [0.15, 0.2) is 36.9 Å². The number of piperidine rings is 2. The summed E-state index contributed by atoms with van der Waals surface area (Å²) in [5.41, 5.74) is 0.791. The van der Waals surface area contributed by atoms with Gasteiger partial charge in [0.05, 0.1) is 6.33 Å². The van der Waals surface area contributed by atoms with Crippen molar-refractivity contribution >= 4 is 5.69 Å². The molecular formula is C20H26F2N4. The van der Waals surface area contributed by atoms with Crippen molar-refractivity contribution in [2.45, 2.75) is 38.3 Å². The van der Waals surface area contributed by atoms with Crippen LogP contribution < -0.4 is 4.90 Å². The molecule has 2 saturated heterocycles. The van der Waals surface area contributed by atoms with Crippen LogP contribution in [0.25, 0.3) is 0 Å². The van der Waals surface area contributed by atoms with E-state index in [0.717, 1.165) is 44.7 Å². The average molecular weight is 360 g/mol. The summed E-state index contributed by atoms with van der Waals surface area (Å²) in [6.07, 6.45) is 10.5. The standard InChI is InChI=1S/C20H26F2N4/c21-19-4-3-18(12-20(19)22)25-9-5-17(6-10-25)26-8-1-2-16(14-26)13-24-11-7-23-15-24/h3-4,7,11-12,15-17H,1-2,5-6,8-10,13-14H2. The van der Waals surface area contributed by atoms with Gasteiger partial charge in [-0.3, -0.25) is 4.90 Å². The van der Waals surface area contributed by atoms with Gasteiger partial charge in [0.15, 0.2) is 11.6 Å². The fourth-order valence-corrected chi connectivity index (χ4v) is 4.44. The normalized spacial score (nSPS) is 22.7. The van der Waals surface area contributed by atoms with Crippen LogP contribution in [0.2, 0.25) is 0 Å². The van der Waals surface area contributed by atoms with Crippen LogP contribution in [0.5, 0.6) is 0 Å². The Hall–Kier alpha value is -1.95. The Kier molecular flexibility index (Phi) is 5.20. The summed E-state index contributed by atoms with van der Waals surface area (Å²) in [7, 11) is 0. The molecule has 0 amide bonds. The molecule has 4 rings (SSSR count). The average Bonchev–Trinajstić information content (AvgIpc) is 3.17. The highest BCUT2D eigenvalue weighted by atomic mass is 19.2. The van der Waals surface area contributed by atoms with Crippen molar-refractivity contribution in [1.29, 1.82) is 0 Å². The van der Waals surface area contributed by atoms with E-state index in [1.165, 1.54) is 31.5 Å². The lowest BCUT2D eigenvalue weighted by molar-refractivity contribution is 0.0998. The second-order valence-electron chi connectivity index (χ2n) is 7.58. The van der Waals surface area contributed by atoms with E-state index in [9.17, 15) is 8.78 Å². The highest BCUT2D eigenvalue weighted by molar-refractivity contribution is 5.47. The molecule has 2 aliphatic heterocycles. The SMILES string of the molecule is Fc1ccc(N2CCC(N3CCCC(Cn4ccnc4)C3)CC2)cc1F. The van der Waals surface area contributed by atoms with Gasteiger partial charge in [-0.25, -0.2) is 13.8 Å². The number of imidazole rings is 1. The van der Waals surface area contributed by atoms with E-state index < -0.39 is 11.6 Å². The molecule has 4 nitrogen and oxygen atoms in total. The number of likely N-dealkylation sites (tertiary alicyclic amines) is 1. The van der Waals surface area contributed by atoms with Crippen LogP contribution in [0.1, 0.15) is 25.7 Å². The molecule has 2 fully saturated rings. The molecule has 1 aromatic carbocycles. The van der Waals surface area contributed by atoms with E-state index in [4.69, 9.17) is 0 Å². The first kappa shape index (κ1) is 17.5. The van der Waals surface area contributed by atoms with E-state index >= 15 is 0 Å². The number of aromatic nitrogens is 2. The third-order valence-electron chi connectivity index (χ3n) is 5.83. The summed E-state index contributed by atoms with van der Waals surface area (Å²) in [5, 5.41) is 0. The zero-order valence-electron chi connectivity index (χ0n) is 15.0. The van der Waals surface area contributed by atoms with E-state index in [1.807, 2.05) is 18.7 Å². The zero-order valence-corrected chi connectivity index (χ0v) is 15.0. The van der Waals surface area contributed by atoms with Crippen LogP contribution in [0.3, 0.4) is 0 Å². The van der Waals surface area contributed by atoms with Gasteiger partial charge in [0.25, 0.3) is 0 Å². The fourth-order valence-electron chi connectivity index (χ4n) is 4.44. The Morgan fingerprint density at radius 3 is 2.62 bits per heavy atom. The maximum atomic E-state index is 13.5. The Morgan fingerprint density at radius 1 is 1.04 bits per heavy atom. The summed E-state index contributed by atoms with van der Waals surface area (Å²) in [6.45, 7) is 5.17. The molecule has 140 valence electrons. The summed E-state index contributed by atoms with van der Waals surface area (Å²) in [5.74, 6) is -0.856. The molecule has 2 aliphatic rings. The highest BCUT2D eigenvalue weighted by Crippen LogP contribution is 2.27. The number of halogens is 2. The molecule has 1 unspecified atom stereocenters. The number of anilines is 1. The second kappa shape index (κ2) is 7.74. The van der Waals surface area contributed by atoms with Gasteiger partial charge in [-0.1, -0.05) is 0 Å². The molecule has 26 heavy (non-hydrogen) atoms. The molecule has 1 aromatic heterocycles. The van der Waals surface area contributed by atoms with Gasteiger partial charge in [-0.05, 0) is 50.3 Å². The number of nitrogens with zero attached hydrogens (tertiary/aromatic N) is 4. The molecule has 0 spiro atoms. The molecule has 1 atom stereocenters. The fraction of sp³-hybridized carbons (Fsp3) is 0.550. The van der Waals surface area contributed by atoms with Crippen molar-refractivity contribution in [3.63, 3.8) is 0 Å². The minimum absolute atomic E-state index is 0.599. The van der Waals surface area contributed by atoms with Gasteiger partial charge in [-0.2, -0.15) is 0 Å². The van der Waals surface area contributed by atoms with E-state index in [2.05, 4.69) is 19.4 Å². The minimum Gasteiger partial charge on any atom is -0.371 e. The molecule has 0 saturated carbocycles. The van der Waals surface area contributed by atoms with Crippen LogP contribution in [-0.2, 0) is 6.54 Å². The number of benzene rings is 1. The zero-order chi connectivity index (χ0) is 17.9. The third kappa shape index (κ3) is 3.90. The van der Waals surface area contributed by atoms with E-state index in [0.29, 0.717) is 12.0 Å². The topological polar surface area (TPSA) is 24.3 Å². The Balaban J connectivity index is 1.31. The molecule has 3 heterocycles. The van der Waals surface area contributed by atoms with Gasteiger partial charge >= 0.3 is 0 Å². The smallest absolute Gasteiger partial charge is 0.160 e.